The number of anilines is 2. The quantitative estimate of drug-likeness (QED) is 0.856. The number of benzene rings is 2. The number of hydrogen-bond acceptors (Lipinski definition) is 2. The van der Waals surface area contributed by atoms with E-state index in [4.69, 9.17) is 0 Å². The van der Waals surface area contributed by atoms with Gasteiger partial charge >= 0.3 is 0 Å². The third-order valence-electron chi connectivity index (χ3n) is 3.68. The van der Waals surface area contributed by atoms with Gasteiger partial charge in [0.1, 0.15) is 6.04 Å². The van der Waals surface area contributed by atoms with Crippen LogP contribution in [0.4, 0.5) is 11.4 Å². The Hall–Kier alpha value is -1.81. The van der Waals surface area contributed by atoms with Crippen molar-refractivity contribution in [1.29, 1.82) is 0 Å². The summed E-state index contributed by atoms with van der Waals surface area (Å²) < 4.78 is 0.978. The van der Waals surface area contributed by atoms with Crippen molar-refractivity contribution in [3.63, 3.8) is 0 Å². The number of aryl methyl sites for hydroxylation is 1. The molecule has 2 aromatic rings. The molecule has 0 saturated heterocycles. The predicted octanol–water partition coefficient (Wildman–Crippen LogP) is 4.51. The lowest BCUT2D eigenvalue weighted by Gasteiger charge is -2.16. The molecule has 1 aliphatic rings. The Bertz CT molecular complexity index is 684. The average Bonchev–Trinajstić information content (AvgIpc) is 2.77. The van der Waals surface area contributed by atoms with E-state index in [0.29, 0.717) is 0 Å². The Kier molecular flexibility index (Phi) is 3.97. The number of rotatable bonds is 4. The first-order chi connectivity index (χ1) is 10.2. The molecule has 1 amide bonds. The lowest BCUT2D eigenvalue weighted by atomic mass is 10.0. The van der Waals surface area contributed by atoms with Crippen LogP contribution in [0.15, 0.2) is 46.9 Å². The molecule has 0 saturated carbocycles. The number of carbonyl (C=O) groups is 1. The van der Waals surface area contributed by atoms with Crippen LogP contribution in [0.2, 0.25) is 0 Å². The summed E-state index contributed by atoms with van der Waals surface area (Å²) in [6.07, 6.45) is 2.08. The van der Waals surface area contributed by atoms with Gasteiger partial charge in [-0.1, -0.05) is 47.5 Å². The lowest BCUT2D eigenvalue weighted by Crippen LogP contribution is -2.20. The van der Waals surface area contributed by atoms with Crippen molar-refractivity contribution in [3.8, 4) is 0 Å². The molecule has 0 aliphatic carbocycles. The van der Waals surface area contributed by atoms with Crippen LogP contribution in [0, 0.1) is 0 Å². The minimum Gasteiger partial charge on any atom is -0.370 e. The summed E-state index contributed by atoms with van der Waals surface area (Å²) >= 11 is 3.47. The second kappa shape index (κ2) is 5.90. The summed E-state index contributed by atoms with van der Waals surface area (Å²) in [7, 11) is 0. The van der Waals surface area contributed by atoms with E-state index in [0.717, 1.165) is 34.3 Å². The zero-order chi connectivity index (χ0) is 14.8. The Morgan fingerprint density at radius 2 is 2.05 bits per heavy atom. The minimum absolute atomic E-state index is 0.00518. The maximum Gasteiger partial charge on any atom is 0.251 e. The van der Waals surface area contributed by atoms with E-state index in [9.17, 15) is 4.79 Å². The van der Waals surface area contributed by atoms with Crippen LogP contribution >= 0.6 is 15.9 Å². The first-order valence-electron chi connectivity index (χ1n) is 7.14. The molecule has 1 aliphatic heterocycles. The van der Waals surface area contributed by atoms with Crippen LogP contribution in [0.5, 0.6) is 0 Å². The maximum absolute atomic E-state index is 12.2. The largest absolute Gasteiger partial charge is 0.370 e. The number of para-hydroxylation sites is 1. The second-order valence-electron chi connectivity index (χ2n) is 5.21. The molecule has 1 unspecified atom stereocenters. The fourth-order valence-electron chi connectivity index (χ4n) is 2.68. The summed E-state index contributed by atoms with van der Waals surface area (Å²) in [5, 5.41) is 6.32. The van der Waals surface area contributed by atoms with Gasteiger partial charge in [-0.15, -0.1) is 0 Å². The van der Waals surface area contributed by atoms with Gasteiger partial charge in [-0.2, -0.15) is 0 Å². The first kappa shape index (κ1) is 14.1. The third-order valence-corrected chi connectivity index (χ3v) is 4.17. The predicted molar refractivity (Wildman–Crippen MR) is 89.6 cm³/mol. The van der Waals surface area contributed by atoms with Crippen LogP contribution in [-0.4, -0.2) is 5.91 Å². The summed E-state index contributed by atoms with van der Waals surface area (Å²) in [6.45, 7) is 2.16. The van der Waals surface area contributed by atoms with E-state index in [1.807, 2.05) is 36.4 Å². The van der Waals surface area contributed by atoms with Crippen molar-refractivity contribution in [2.24, 2.45) is 0 Å². The Labute approximate surface area is 132 Å². The second-order valence-corrected chi connectivity index (χ2v) is 6.12. The van der Waals surface area contributed by atoms with Crippen molar-refractivity contribution in [1.82, 2.24) is 0 Å². The zero-order valence-electron chi connectivity index (χ0n) is 11.8. The minimum atomic E-state index is -0.337. The Morgan fingerprint density at radius 3 is 2.86 bits per heavy atom. The molecule has 1 atom stereocenters. The molecular weight excluding hydrogens is 328 g/mol. The number of hydrogen-bond donors (Lipinski definition) is 2. The molecular formula is C17H17BrN2O. The van der Waals surface area contributed by atoms with Crippen LogP contribution in [0.3, 0.4) is 0 Å². The van der Waals surface area contributed by atoms with E-state index in [2.05, 4.69) is 39.6 Å². The summed E-state index contributed by atoms with van der Waals surface area (Å²) in [6, 6.07) is 13.7. The highest BCUT2D eigenvalue weighted by Gasteiger charge is 2.30. The van der Waals surface area contributed by atoms with Gasteiger partial charge in [0.15, 0.2) is 0 Å². The first-order valence-corrected chi connectivity index (χ1v) is 7.93. The average molecular weight is 345 g/mol. The highest BCUT2D eigenvalue weighted by Crippen LogP contribution is 2.35. The Balaban J connectivity index is 1.93. The molecule has 21 heavy (non-hydrogen) atoms. The highest BCUT2D eigenvalue weighted by molar-refractivity contribution is 9.10. The number of nitrogens with one attached hydrogen (secondary N) is 2. The normalized spacial score (nSPS) is 16.5. The van der Waals surface area contributed by atoms with E-state index in [1.54, 1.807) is 0 Å². The van der Waals surface area contributed by atoms with Crippen LogP contribution in [-0.2, 0) is 11.2 Å². The molecule has 0 fully saturated rings. The van der Waals surface area contributed by atoms with Crippen LogP contribution in [0.1, 0.15) is 30.5 Å². The van der Waals surface area contributed by atoms with Crippen molar-refractivity contribution >= 4 is 33.2 Å². The fraction of sp³-hybridized carbons (Fsp3) is 0.235. The van der Waals surface area contributed by atoms with Gasteiger partial charge in [-0.25, -0.2) is 0 Å². The number of carbonyl (C=O) groups excluding carboxylic acids is 1. The molecule has 108 valence electrons. The third kappa shape index (κ3) is 2.81. The van der Waals surface area contributed by atoms with Gasteiger partial charge in [-0.3, -0.25) is 4.79 Å². The summed E-state index contributed by atoms with van der Waals surface area (Å²) in [5.74, 6) is -0.00518. The number of halogens is 1. The van der Waals surface area contributed by atoms with E-state index < -0.39 is 0 Å². The molecule has 0 bridgehead atoms. The van der Waals surface area contributed by atoms with Gasteiger partial charge in [0.2, 0.25) is 0 Å². The van der Waals surface area contributed by atoms with Crippen molar-refractivity contribution in [2.45, 2.75) is 25.8 Å². The smallest absolute Gasteiger partial charge is 0.251 e. The van der Waals surface area contributed by atoms with Crippen LogP contribution < -0.4 is 10.6 Å². The van der Waals surface area contributed by atoms with Gasteiger partial charge in [0, 0.05) is 21.4 Å². The number of amides is 1. The molecule has 0 spiro atoms. The van der Waals surface area contributed by atoms with Gasteiger partial charge in [0.25, 0.3) is 5.91 Å². The molecule has 2 aromatic carbocycles. The molecule has 3 nitrogen and oxygen atoms in total. The fourth-order valence-corrected chi connectivity index (χ4v) is 3.06. The van der Waals surface area contributed by atoms with E-state index >= 15 is 0 Å². The lowest BCUT2D eigenvalue weighted by molar-refractivity contribution is -0.116. The topological polar surface area (TPSA) is 41.1 Å². The van der Waals surface area contributed by atoms with E-state index in [-0.39, 0.29) is 11.9 Å². The van der Waals surface area contributed by atoms with Crippen LogP contribution in [0.25, 0.3) is 0 Å². The monoisotopic (exact) mass is 344 g/mol. The molecule has 4 heteroatoms. The molecule has 0 radical (unpaired) electrons. The van der Waals surface area contributed by atoms with Gasteiger partial charge in [0.05, 0.1) is 0 Å². The Morgan fingerprint density at radius 1 is 1.24 bits per heavy atom. The number of fused-ring (bicyclic) bond motifs is 1. The summed E-state index contributed by atoms with van der Waals surface area (Å²) in [5.41, 5.74) is 4.15. The van der Waals surface area contributed by atoms with Crippen molar-refractivity contribution < 1.29 is 4.79 Å². The zero-order valence-corrected chi connectivity index (χ0v) is 13.4. The standard InChI is InChI=1S/C17H17BrN2O/c1-2-5-11-6-3-4-7-14(11)19-16-13-10-12(18)8-9-15(13)20-17(16)21/h3-4,6-10,16,19H,2,5H2,1H3,(H,20,21). The maximum atomic E-state index is 12.2. The molecule has 1 heterocycles. The highest BCUT2D eigenvalue weighted by atomic mass is 79.9. The molecule has 0 aromatic heterocycles. The molecule has 2 N–H and O–H groups in total. The van der Waals surface area contributed by atoms with Gasteiger partial charge in [-0.05, 0) is 36.2 Å². The molecule has 3 rings (SSSR count). The summed E-state index contributed by atoms with van der Waals surface area (Å²) in [4.78, 5) is 12.2. The van der Waals surface area contributed by atoms with Crippen molar-refractivity contribution in [3.05, 3.63) is 58.1 Å². The van der Waals surface area contributed by atoms with Gasteiger partial charge < -0.3 is 10.6 Å². The SMILES string of the molecule is CCCc1ccccc1NC1C(=O)Nc2ccc(Br)cc21. The van der Waals surface area contributed by atoms with Crippen molar-refractivity contribution in [2.75, 3.05) is 10.6 Å². The van der Waals surface area contributed by atoms with E-state index in [1.165, 1.54) is 5.56 Å².